The normalized spacial score (nSPS) is 22.8. The Morgan fingerprint density at radius 2 is 1.94 bits per heavy atom. The van der Waals surface area contributed by atoms with Crippen molar-refractivity contribution in [2.45, 2.75) is 44.6 Å². The number of thioether (sulfide) groups is 1. The van der Waals surface area contributed by atoms with E-state index in [1.807, 2.05) is 11.8 Å². The molecule has 1 aromatic carbocycles. The molecular formula is C16H25NS. The zero-order valence-electron chi connectivity index (χ0n) is 11.6. The maximum Gasteiger partial charge on any atom is 0.0323 e. The fourth-order valence-electron chi connectivity index (χ4n) is 2.86. The zero-order chi connectivity index (χ0) is 12.8. The molecule has 1 nitrogen and oxygen atoms in total. The molecule has 2 rings (SSSR count). The van der Waals surface area contributed by atoms with Gasteiger partial charge >= 0.3 is 0 Å². The molecule has 0 saturated heterocycles. The maximum atomic E-state index is 3.75. The van der Waals surface area contributed by atoms with Crippen LogP contribution in [0.5, 0.6) is 0 Å². The first-order valence-electron chi connectivity index (χ1n) is 7.14. The van der Waals surface area contributed by atoms with E-state index in [1.165, 1.54) is 31.4 Å². The van der Waals surface area contributed by atoms with E-state index in [1.54, 1.807) is 11.1 Å². The van der Waals surface area contributed by atoms with Crippen molar-refractivity contribution in [2.24, 2.45) is 0 Å². The van der Waals surface area contributed by atoms with Crippen molar-refractivity contribution in [3.63, 3.8) is 0 Å². The highest BCUT2D eigenvalue weighted by atomic mass is 32.2. The van der Waals surface area contributed by atoms with Crippen LogP contribution in [-0.4, -0.2) is 18.6 Å². The molecule has 2 unspecified atom stereocenters. The van der Waals surface area contributed by atoms with Gasteiger partial charge in [-0.2, -0.15) is 11.8 Å². The van der Waals surface area contributed by atoms with Gasteiger partial charge in [0, 0.05) is 6.04 Å². The number of hydrogen-bond donors (Lipinski definition) is 1. The predicted octanol–water partition coefficient (Wildman–Crippen LogP) is 4.36. The van der Waals surface area contributed by atoms with Gasteiger partial charge in [-0.3, -0.25) is 0 Å². The molecule has 2 heteroatoms. The number of benzene rings is 1. The van der Waals surface area contributed by atoms with Crippen molar-refractivity contribution >= 4 is 11.8 Å². The van der Waals surface area contributed by atoms with Crippen LogP contribution >= 0.6 is 11.8 Å². The van der Waals surface area contributed by atoms with Gasteiger partial charge in [-0.15, -0.1) is 0 Å². The number of rotatable bonds is 6. The summed E-state index contributed by atoms with van der Waals surface area (Å²) in [5, 5.41) is 3.75. The fourth-order valence-corrected chi connectivity index (χ4v) is 3.36. The first-order valence-corrected chi connectivity index (χ1v) is 8.53. The molecule has 0 amide bonds. The average molecular weight is 263 g/mol. The van der Waals surface area contributed by atoms with E-state index in [4.69, 9.17) is 0 Å². The summed E-state index contributed by atoms with van der Waals surface area (Å²) in [4.78, 5) is 0. The molecule has 0 spiro atoms. The first kappa shape index (κ1) is 14.0. The smallest absolute Gasteiger partial charge is 0.0323 e. The van der Waals surface area contributed by atoms with Crippen LogP contribution < -0.4 is 5.32 Å². The summed E-state index contributed by atoms with van der Waals surface area (Å²) in [5.74, 6) is 2.02. The van der Waals surface area contributed by atoms with Gasteiger partial charge in [-0.25, -0.2) is 0 Å². The van der Waals surface area contributed by atoms with Gasteiger partial charge in [-0.05, 0) is 61.3 Å². The highest BCUT2D eigenvalue weighted by Crippen LogP contribution is 2.36. The van der Waals surface area contributed by atoms with Gasteiger partial charge in [0.05, 0.1) is 0 Å². The Kier molecular flexibility index (Phi) is 5.58. The van der Waals surface area contributed by atoms with Crippen LogP contribution in [0.4, 0.5) is 0 Å². The first-order chi connectivity index (χ1) is 8.83. The highest BCUT2D eigenvalue weighted by molar-refractivity contribution is 7.98. The molecule has 1 aliphatic carbocycles. The lowest BCUT2D eigenvalue weighted by molar-refractivity contribution is 0.429. The zero-order valence-corrected chi connectivity index (χ0v) is 12.4. The molecule has 0 aromatic heterocycles. The topological polar surface area (TPSA) is 12.0 Å². The second kappa shape index (κ2) is 7.20. The molecule has 0 aliphatic heterocycles. The molecule has 0 bridgehead atoms. The average Bonchev–Trinajstić information content (AvgIpc) is 2.41. The Labute approximate surface area is 116 Å². The van der Waals surface area contributed by atoms with Crippen LogP contribution in [0.2, 0.25) is 0 Å². The molecule has 0 saturated carbocycles. The lowest BCUT2D eigenvalue weighted by atomic mass is 9.81. The monoisotopic (exact) mass is 263 g/mol. The Morgan fingerprint density at radius 3 is 2.72 bits per heavy atom. The minimum Gasteiger partial charge on any atom is -0.310 e. The SMILES string of the molecule is CSCCCCNC1CCC(C)c2ccccc21. The molecule has 1 N–H and O–H groups in total. The third kappa shape index (κ3) is 3.52. The van der Waals surface area contributed by atoms with E-state index in [-0.39, 0.29) is 0 Å². The van der Waals surface area contributed by atoms with Crippen molar-refractivity contribution < 1.29 is 0 Å². The van der Waals surface area contributed by atoms with Gasteiger partial charge in [0.15, 0.2) is 0 Å². The molecule has 0 fully saturated rings. The highest BCUT2D eigenvalue weighted by Gasteiger charge is 2.23. The Morgan fingerprint density at radius 1 is 1.17 bits per heavy atom. The molecule has 1 aromatic rings. The van der Waals surface area contributed by atoms with Crippen molar-refractivity contribution in [3.05, 3.63) is 35.4 Å². The van der Waals surface area contributed by atoms with E-state index >= 15 is 0 Å². The molecule has 0 radical (unpaired) electrons. The molecule has 0 heterocycles. The van der Waals surface area contributed by atoms with Gasteiger partial charge in [-0.1, -0.05) is 31.2 Å². The minimum absolute atomic E-state index is 0.590. The molecule has 1 aliphatic rings. The van der Waals surface area contributed by atoms with Crippen molar-refractivity contribution in [3.8, 4) is 0 Å². The molecular weight excluding hydrogens is 238 g/mol. The van der Waals surface area contributed by atoms with Crippen molar-refractivity contribution in [2.75, 3.05) is 18.6 Å². The van der Waals surface area contributed by atoms with E-state index in [9.17, 15) is 0 Å². The second-order valence-electron chi connectivity index (χ2n) is 5.31. The summed E-state index contributed by atoms with van der Waals surface area (Å²) in [6.45, 7) is 3.52. The Hall–Kier alpha value is -0.470. The van der Waals surface area contributed by atoms with Gasteiger partial charge in [0.2, 0.25) is 0 Å². The van der Waals surface area contributed by atoms with Crippen LogP contribution in [0.3, 0.4) is 0 Å². The summed E-state index contributed by atoms with van der Waals surface area (Å²) < 4.78 is 0. The van der Waals surface area contributed by atoms with Crippen LogP contribution in [0.25, 0.3) is 0 Å². The number of unbranched alkanes of at least 4 members (excludes halogenated alkanes) is 1. The van der Waals surface area contributed by atoms with E-state index < -0.39 is 0 Å². The minimum atomic E-state index is 0.590. The third-order valence-corrected chi connectivity index (χ3v) is 4.65. The van der Waals surface area contributed by atoms with E-state index in [0.29, 0.717) is 6.04 Å². The van der Waals surface area contributed by atoms with Gasteiger partial charge < -0.3 is 5.32 Å². The Bertz CT molecular complexity index is 364. The maximum absolute atomic E-state index is 3.75. The molecule has 18 heavy (non-hydrogen) atoms. The number of fused-ring (bicyclic) bond motifs is 1. The Balaban J connectivity index is 1.89. The van der Waals surface area contributed by atoms with Gasteiger partial charge in [0.25, 0.3) is 0 Å². The number of hydrogen-bond acceptors (Lipinski definition) is 2. The predicted molar refractivity (Wildman–Crippen MR) is 82.5 cm³/mol. The summed E-state index contributed by atoms with van der Waals surface area (Å²) in [5.41, 5.74) is 3.10. The molecule has 100 valence electrons. The fraction of sp³-hybridized carbons (Fsp3) is 0.625. The van der Waals surface area contributed by atoms with Crippen LogP contribution in [0.15, 0.2) is 24.3 Å². The third-order valence-electron chi connectivity index (χ3n) is 3.96. The van der Waals surface area contributed by atoms with Crippen molar-refractivity contribution in [1.29, 1.82) is 0 Å². The van der Waals surface area contributed by atoms with Crippen molar-refractivity contribution in [1.82, 2.24) is 5.32 Å². The summed E-state index contributed by atoms with van der Waals surface area (Å²) in [7, 11) is 0. The molecule has 2 atom stereocenters. The van der Waals surface area contributed by atoms with Crippen LogP contribution in [0.1, 0.15) is 55.7 Å². The lowest BCUT2D eigenvalue weighted by Crippen LogP contribution is -2.27. The largest absolute Gasteiger partial charge is 0.310 e. The van der Waals surface area contributed by atoms with Crippen LogP contribution in [0, 0.1) is 0 Å². The second-order valence-corrected chi connectivity index (χ2v) is 6.30. The quantitative estimate of drug-likeness (QED) is 0.765. The summed E-state index contributed by atoms with van der Waals surface area (Å²) in [6, 6.07) is 9.56. The summed E-state index contributed by atoms with van der Waals surface area (Å²) in [6.07, 6.45) is 7.43. The summed E-state index contributed by atoms with van der Waals surface area (Å²) >= 11 is 1.95. The van der Waals surface area contributed by atoms with Crippen LogP contribution in [-0.2, 0) is 0 Å². The lowest BCUT2D eigenvalue weighted by Gasteiger charge is -2.30. The standard InChI is InChI=1S/C16H25NS/c1-13-9-10-16(17-11-5-6-12-18-2)15-8-4-3-7-14(13)15/h3-4,7-8,13,16-17H,5-6,9-12H2,1-2H3. The van der Waals surface area contributed by atoms with Gasteiger partial charge in [0.1, 0.15) is 0 Å². The number of nitrogens with one attached hydrogen (secondary N) is 1. The van der Waals surface area contributed by atoms with E-state index in [2.05, 4.69) is 42.8 Å². The van der Waals surface area contributed by atoms with E-state index in [0.717, 1.165) is 12.5 Å².